The Morgan fingerprint density at radius 3 is 2.50 bits per heavy atom. The van der Waals surface area contributed by atoms with Crippen molar-refractivity contribution in [1.82, 2.24) is 0 Å². The summed E-state index contributed by atoms with van der Waals surface area (Å²) in [6, 6.07) is 14.3. The van der Waals surface area contributed by atoms with Gasteiger partial charge in [-0.05, 0) is 42.7 Å². The molecule has 0 saturated heterocycles. The Morgan fingerprint density at radius 2 is 1.83 bits per heavy atom. The van der Waals surface area contributed by atoms with Crippen LogP contribution in [0.1, 0.15) is 18.1 Å². The summed E-state index contributed by atoms with van der Waals surface area (Å²) in [4.78, 5) is 11.1. The molecule has 2 heteroatoms. The minimum Gasteiger partial charge on any atom is -0.326 e. The number of rotatable bonds is 2. The van der Waals surface area contributed by atoms with Crippen LogP contribution in [0.25, 0.3) is 11.1 Å². The molecule has 0 aliphatic rings. The second kappa shape index (κ2) is 5.05. The first-order valence-electron chi connectivity index (χ1n) is 6.01. The van der Waals surface area contributed by atoms with Gasteiger partial charge in [-0.25, -0.2) is 0 Å². The summed E-state index contributed by atoms with van der Waals surface area (Å²) in [7, 11) is 0. The molecule has 2 aromatic carbocycles. The first-order chi connectivity index (χ1) is 8.56. The SMILES string of the molecule is CC(=O)Nc1cccc(-c2ccc(C)cc2C)c1. The van der Waals surface area contributed by atoms with Gasteiger partial charge in [0.2, 0.25) is 5.91 Å². The van der Waals surface area contributed by atoms with E-state index in [4.69, 9.17) is 0 Å². The van der Waals surface area contributed by atoms with Gasteiger partial charge in [0.1, 0.15) is 0 Å². The van der Waals surface area contributed by atoms with Crippen LogP contribution in [0, 0.1) is 13.8 Å². The third-order valence-corrected chi connectivity index (χ3v) is 2.88. The van der Waals surface area contributed by atoms with E-state index in [-0.39, 0.29) is 5.91 Å². The number of nitrogens with one attached hydrogen (secondary N) is 1. The van der Waals surface area contributed by atoms with Gasteiger partial charge in [-0.2, -0.15) is 0 Å². The van der Waals surface area contributed by atoms with Crippen LogP contribution in [0.15, 0.2) is 42.5 Å². The average Bonchev–Trinajstić information content (AvgIpc) is 2.28. The molecule has 0 saturated carbocycles. The van der Waals surface area contributed by atoms with Crippen LogP contribution in [-0.4, -0.2) is 5.91 Å². The molecule has 0 aliphatic heterocycles. The Morgan fingerprint density at radius 1 is 1.06 bits per heavy atom. The zero-order chi connectivity index (χ0) is 13.1. The van der Waals surface area contributed by atoms with Gasteiger partial charge in [0.05, 0.1) is 0 Å². The molecule has 0 heterocycles. The highest BCUT2D eigenvalue weighted by Gasteiger charge is 2.03. The Kier molecular flexibility index (Phi) is 3.47. The molecular formula is C16H17NO. The molecule has 2 aromatic rings. The van der Waals surface area contributed by atoms with Crippen molar-refractivity contribution in [2.24, 2.45) is 0 Å². The molecule has 1 amide bonds. The molecule has 0 unspecified atom stereocenters. The van der Waals surface area contributed by atoms with Crippen molar-refractivity contribution in [1.29, 1.82) is 0 Å². The third-order valence-electron chi connectivity index (χ3n) is 2.88. The van der Waals surface area contributed by atoms with Crippen molar-refractivity contribution in [2.75, 3.05) is 5.32 Å². The molecule has 0 atom stereocenters. The summed E-state index contributed by atoms with van der Waals surface area (Å²) in [5.74, 6) is -0.0484. The minimum atomic E-state index is -0.0484. The van der Waals surface area contributed by atoms with Crippen molar-refractivity contribution in [3.05, 3.63) is 53.6 Å². The van der Waals surface area contributed by atoms with Gasteiger partial charge in [0.15, 0.2) is 0 Å². The van der Waals surface area contributed by atoms with E-state index in [1.165, 1.54) is 23.6 Å². The molecule has 0 spiro atoms. The van der Waals surface area contributed by atoms with Crippen molar-refractivity contribution < 1.29 is 4.79 Å². The van der Waals surface area contributed by atoms with Gasteiger partial charge in [-0.3, -0.25) is 4.79 Å². The predicted octanol–water partition coefficient (Wildman–Crippen LogP) is 3.93. The van der Waals surface area contributed by atoms with E-state index in [9.17, 15) is 4.79 Å². The topological polar surface area (TPSA) is 29.1 Å². The molecule has 0 aliphatic carbocycles. The van der Waals surface area contributed by atoms with E-state index < -0.39 is 0 Å². The molecule has 18 heavy (non-hydrogen) atoms. The van der Waals surface area contributed by atoms with E-state index in [0.717, 1.165) is 11.3 Å². The number of amides is 1. The zero-order valence-electron chi connectivity index (χ0n) is 10.9. The molecule has 0 bridgehead atoms. The average molecular weight is 239 g/mol. The van der Waals surface area contributed by atoms with Crippen LogP contribution in [0.2, 0.25) is 0 Å². The first kappa shape index (κ1) is 12.4. The number of aryl methyl sites for hydroxylation is 2. The highest BCUT2D eigenvalue weighted by Crippen LogP contribution is 2.26. The highest BCUT2D eigenvalue weighted by atomic mass is 16.1. The molecule has 0 radical (unpaired) electrons. The number of carbonyl (C=O) groups excluding carboxylic acids is 1. The van der Waals surface area contributed by atoms with E-state index >= 15 is 0 Å². The van der Waals surface area contributed by atoms with Gasteiger partial charge >= 0.3 is 0 Å². The van der Waals surface area contributed by atoms with Gasteiger partial charge < -0.3 is 5.32 Å². The third kappa shape index (κ3) is 2.77. The largest absolute Gasteiger partial charge is 0.326 e. The highest BCUT2D eigenvalue weighted by molar-refractivity contribution is 5.89. The Bertz CT molecular complexity index is 587. The Labute approximate surface area is 108 Å². The quantitative estimate of drug-likeness (QED) is 0.845. The maximum Gasteiger partial charge on any atom is 0.221 e. The maximum absolute atomic E-state index is 11.1. The van der Waals surface area contributed by atoms with Crippen LogP contribution in [0.5, 0.6) is 0 Å². The summed E-state index contributed by atoms with van der Waals surface area (Å²) in [6.45, 7) is 5.71. The van der Waals surface area contributed by atoms with Gasteiger partial charge in [-0.15, -0.1) is 0 Å². The maximum atomic E-state index is 11.1. The monoisotopic (exact) mass is 239 g/mol. The molecule has 92 valence electrons. The molecule has 0 aromatic heterocycles. The lowest BCUT2D eigenvalue weighted by molar-refractivity contribution is -0.114. The Hall–Kier alpha value is -2.09. The standard InChI is InChI=1S/C16H17NO/c1-11-7-8-16(12(2)9-11)14-5-4-6-15(10-14)17-13(3)18/h4-10H,1-3H3,(H,17,18). The fourth-order valence-corrected chi connectivity index (χ4v) is 2.11. The summed E-state index contributed by atoms with van der Waals surface area (Å²) < 4.78 is 0. The minimum absolute atomic E-state index is 0.0484. The lowest BCUT2D eigenvalue weighted by Crippen LogP contribution is -2.05. The number of anilines is 1. The van der Waals surface area contributed by atoms with Crippen LogP contribution < -0.4 is 5.32 Å². The van der Waals surface area contributed by atoms with E-state index in [0.29, 0.717) is 0 Å². The summed E-state index contributed by atoms with van der Waals surface area (Å²) in [5.41, 5.74) is 5.66. The van der Waals surface area contributed by atoms with Crippen molar-refractivity contribution in [3.8, 4) is 11.1 Å². The molecule has 1 N–H and O–H groups in total. The summed E-state index contributed by atoms with van der Waals surface area (Å²) in [5, 5.41) is 2.81. The lowest BCUT2D eigenvalue weighted by atomic mass is 9.98. The zero-order valence-corrected chi connectivity index (χ0v) is 10.9. The number of carbonyl (C=O) groups is 1. The fraction of sp³-hybridized carbons (Fsp3) is 0.188. The Balaban J connectivity index is 2.41. The van der Waals surface area contributed by atoms with Gasteiger partial charge in [-0.1, -0.05) is 35.9 Å². The molecule has 0 fully saturated rings. The molecular weight excluding hydrogens is 222 g/mol. The summed E-state index contributed by atoms with van der Waals surface area (Å²) in [6.07, 6.45) is 0. The van der Waals surface area contributed by atoms with Crippen LogP contribution in [0.4, 0.5) is 5.69 Å². The fourth-order valence-electron chi connectivity index (χ4n) is 2.11. The van der Waals surface area contributed by atoms with Crippen molar-refractivity contribution in [3.63, 3.8) is 0 Å². The van der Waals surface area contributed by atoms with Gasteiger partial charge in [0.25, 0.3) is 0 Å². The molecule has 2 rings (SSSR count). The van der Waals surface area contributed by atoms with E-state index in [1.54, 1.807) is 0 Å². The van der Waals surface area contributed by atoms with Crippen molar-refractivity contribution >= 4 is 11.6 Å². The second-order valence-corrected chi connectivity index (χ2v) is 4.58. The second-order valence-electron chi connectivity index (χ2n) is 4.58. The van der Waals surface area contributed by atoms with Crippen LogP contribution in [0.3, 0.4) is 0 Å². The number of hydrogen-bond acceptors (Lipinski definition) is 1. The predicted molar refractivity (Wildman–Crippen MR) is 75.7 cm³/mol. The smallest absolute Gasteiger partial charge is 0.221 e. The molecule has 2 nitrogen and oxygen atoms in total. The first-order valence-corrected chi connectivity index (χ1v) is 6.01. The van der Waals surface area contributed by atoms with Gasteiger partial charge in [0, 0.05) is 12.6 Å². The van der Waals surface area contributed by atoms with Crippen molar-refractivity contribution in [2.45, 2.75) is 20.8 Å². The van der Waals surface area contributed by atoms with Crippen LogP contribution in [-0.2, 0) is 4.79 Å². The number of benzene rings is 2. The lowest BCUT2D eigenvalue weighted by Gasteiger charge is -2.09. The van der Waals surface area contributed by atoms with Crippen LogP contribution >= 0.6 is 0 Å². The summed E-state index contributed by atoms with van der Waals surface area (Å²) >= 11 is 0. The van der Waals surface area contributed by atoms with E-state index in [1.807, 2.05) is 18.2 Å². The van der Waals surface area contributed by atoms with E-state index in [2.05, 4.69) is 43.4 Å². The normalized spacial score (nSPS) is 10.2. The number of hydrogen-bond donors (Lipinski definition) is 1.